The monoisotopic (exact) mass is 806 g/mol. The van der Waals surface area contributed by atoms with Gasteiger partial charge in [0.25, 0.3) is 0 Å². The number of imide groups is 1. The van der Waals surface area contributed by atoms with Gasteiger partial charge in [0.2, 0.25) is 11.8 Å². The molecule has 3 aromatic heterocycles. The van der Waals surface area contributed by atoms with Crippen molar-refractivity contribution < 1.29 is 14.4 Å². The Balaban J connectivity index is 0.808. The van der Waals surface area contributed by atoms with E-state index in [1.807, 2.05) is 25.3 Å². The molecule has 4 aromatic rings. The summed E-state index contributed by atoms with van der Waals surface area (Å²) >= 11 is -0.918. The van der Waals surface area contributed by atoms with E-state index in [-0.39, 0.29) is 40.7 Å². The molecule has 13 heteroatoms. The first-order valence-electron chi connectivity index (χ1n) is 20.0. The Kier molecular flexibility index (Phi) is 11.2. The van der Waals surface area contributed by atoms with Gasteiger partial charge in [-0.1, -0.05) is 12.1 Å². The van der Waals surface area contributed by atoms with Gasteiger partial charge in [0, 0.05) is 25.2 Å². The number of Topliss-reactive ketones (excluding diaryl/α,β-unsaturated/α-hetero) is 1. The maximum absolute atomic E-state index is 13.6. The summed E-state index contributed by atoms with van der Waals surface area (Å²) in [6.07, 6.45) is 12.4. The van der Waals surface area contributed by atoms with Crippen LogP contribution < -0.4 is 29.8 Å². The van der Waals surface area contributed by atoms with E-state index in [2.05, 4.69) is 44.3 Å². The van der Waals surface area contributed by atoms with E-state index in [0.29, 0.717) is 24.1 Å². The van der Waals surface area contributed by atoms with Crippen molar-refractivity contribution in [3.8, 4) is 0 Å². The Morgan fingerprint density at radius 3 is 2.22 bits per heavy atom. The van der Waals surface area contributed by atoms with Gasteiger partial charge in [-0.25, -0.2) is 0 Å². The van der Waals surface area contributed by atoms with E-state index in [9.17, 15) is 19.2 Å². The van der Waals surface area contributed by atoms with Gasteiger partial charge in [0.1, 0.15) is 0 Å². The molecular weight excluding hydrogens is 755 g/mol. The Hall–Kier alpha value is -4.41. The summed E-state index contributed by atoms with van der Waals surface area (Å²) in [5, 5.41) is 3.25. The number of nitrogens with one attached hydrogen (secondary N) is 1. The van der Waals surface area contributed by atoms with Gasteiger partial charge < -0.3 is 4.90 Å². The quantitative estimate of drug-likeness (QED) is 0.145. The number of pyridine rings is 2. The summed E-state index contributed by atoms with van der Waals surface area (Å²) < 4.78 is 3.55. The van der Waals surface area contributed by atoms with Crippen molar-refractivity contribution in [1.82, 2.24) is 29.7 Å². The molecule has 2 amide bonds. The van der Waals surface area contributed by atoms with Crippen LogP contribution >= 0.6 is 0 Å². The average molecular weight is 807 g/mol. The molecule has 1 aromatic carbocycles. The Morgan fingerprint density at radius 2 is 1.55 bits per heavy atom. The van der Waals surface area contributed by atoms with Crippen LogP contribution in [0.25, 0.3) is 11.0 Å². The molecule has 2 atom stereocenters. The number of piperidine rings is 2. The number of hydrogen-bond acceptors (Lipinski definition) is 10. The van der Waals surface area contributed by atoms with Crippen molar-refractivity contribution in [2.24, 2.45) is 5.92 Å². The molecule has 4 aliphatic rings. The third kappa shape index (κ3) is 8.12. The number of rotatable bonds is 10. The van der Waals surface area contributed by atoms with Gasteiger partial charge in [-0.05, 0) is 24.1 Å². The summed E-state index contributed by atoms with van der Waals surface area (Å²) in [6.45, 7) is 10.6. The number of hydrogen-bond donors (Lipinski definition) is 1. The first kappa shape index (κ1) is 37.5. The summed E-state index contributed by atoms with van der Waals surface area (Å²) in [6, 6.07) is 12.7. The first-order valence-corrected chi connectivity index (χ1v) is 22.1. The fourth-order valence-corrected chi connectivity index (χ4v) is 10.8. The topological polar surface area (TPSA) is 134 Å². The number of amides is 2. The zero-order valence-corrected chi connectivity index (χ0v) is 34.0. The molecule has 1 aliphatic carbocycles. The van der Waals surface area contributed by atoms with Gasteiger partial charge in [-0.15, -0.1) is 0 Å². The van der Waals surface area contributed by atoms with Crippen LogP contribution in [-0.4, -0.2) is 104 Å². The van der Waals surface area contributed by atoms with Crippen LogP contribution in [0.3, 0.4) is 0 Å². The third-order valence-corrected chi connectivity index (χ3v) is 14.5. The average Bonchev–Trinajstić information content (AvgIpc) is 3.73. The van der Waals surface area contributed by atoms with Crippen molar-refractivity contribution in [3.05, 3.63) is 75.8 Å². The van der Waals surface area contributed by atoms with Gasteiger partial charge in [0.15, 0.2) is 0 Å². The number of ketones is 1. The zero-order chi connectivity index (χ0) is 38.1. The molecule has 0 spiro atoms. The number of fused-ring (bicyclic) bond motifs is 1. The van der Waals surface area contributed by atoms with E-state index in [1.54, 1.807) is 10.8 Å². The molecule has 6 heterocycles. The number of aryl methyl sites for hydroxylation is 1. The first-order chi connectivity index (χ1) is 26.7. The van der Waals surface area contributed by atoms with E-state index in [4.69, 9.17) is 15.0 Å². The van der Waals surface area contributed by atoms with Gasteiger partial charge in [-0.3, -0.25) is 14.9 Å². The van der Waals surface area contributed by atoms with E-state index in [1.165, 1.54) is 31.9 Å². The van der Waals surface area contributed by atoms with Crippen molar-refractivity contribution in [3.63, 3.8) is 0 Å². The van der Waals surface area contributed by atoms with Crippen molar-refractivity contribution in [1.29, 1.82) is 0 Å². The van der Waals surface area contributed by atoms with E-state index < -0.39 is 15.8 Å². The zero-order valence-electron chi connectivity index (χ0n) is 31.9. The second-order valence-electron chi connectivity index (χ2n) is 15.8. The number of piperazine rings is 1. The summed E-state index contributed by atoms with van der Waals surface area (Å²) in [4.78, 5) is 71.9. The molecule has 0 radical (unpaired) electrons. The number of carbonyl (C=O) groups is 3. The summed E-state index contributed by atoms with van der Waals surface area (Å²) in [7, 11) is 0. The van der Waals surface area contributed by atoms with Crippen LogP contribution in [0.5, 0.6) is 0 Å². The number of carbonyl (C=O) groups excluding carboxylic acids is 3. The number of anilines is 2. The molecule has 4 fully saturated rings. The predicted molar refractivity (Wildman–Crippen MR) is 216 cm³/mol. The van der Waals surface area contributed by atoms with Crippen LogP contribution in [0.4, 0.5) is 11.4 Å². The summed E-state index contributed by atoms with van der Waals surface area (Å²) in [5.74, 6) is -0.0717. The van der Waals surface area contributed by atoms with E-state index >= 15 is 0 Å². The maximum atomic E-state index is 13.6. The molecule has 2 unspecified atom stereocenters. The van der Waals surface area contributed by atoms with Gasteiger partial charge >= 0.3 is 231 Å². The van der Waals surface area contributed by atoms with Gasteiger partial charge in [0.05, 0.1) is 5.92 Å². The van der Waals surface area contributed by atoms with Crippen molar-refractivity contribution in [2.45, 2.75) is 83.6 Å². The van der Waals surface area contributed by atoms with Crippen molar-refractivity contribution >= 4 is 64.9 Å². The molecule has 3 aliphatic heterocycles. The molecule has 8 rings (SSSR count). The third-order valence-electron chi connectivity index (χ3n) is 12.3. The Bertz CT molecular complexity index is 2120. The Labute approximate surface area is 328 Å². The second kappa shape index (κ2) is 16.4. The normalized spacial score (nSPS) is 20.6. The molecular formula is C42H51AsN8O4. The molecule has 0 bridgehead atoms. The van der Waals surface area contributed by atoms with Crippen LogP contribution in [0, 0.1) is 12.8 Å². The van der Waals surface area contributed by atoms with Crippen LogP contribution in [0.1, 0.15) is 98.2 Å². The minimum atomic E-state index is -0.918. The SMILES string of the molecule is CC(=O)c1c(C)c2cnc([AsH]c3ccc(N4CCC(CCN5CCN(c6ccc(C7CCC(=O)NC7=O)cc6)CC5)CC4)cn3)nc2n(C2CCCC2)c1=O. The molecule has 55 heavy (non-hydrogen) atoms. The molecule has 3 saturated heterocycles. The number of benzene rings is 1. The predicted octanol–water partition coefficient (Wildman–Crippen LogP) is 3.15. The second-order valence-corrected chi connectivity index (χ2v) is 18.3. The summed E-state index contributed by atoms with van der Waals surface area (Å²) in [5.41, 5.74) is 4.72. The van der Waals surface area contributed by atoms with Crippen LogP contribution in [-0.2, 0) is 9.59 Å². The van der Waals surface area contributed by atoms with Crippen LogP contribution in [0.15, 0.2) is 53.6 Å². The molecule has 1 N–H and O–H groups in total. The minimum absolute atomic E-state index is 0.0698. The number of aromatic nitrogens is 4. The van der Waals surface area contributed by atoms with Gasteiger partial charge in [-0.2, -0.15) is 0 Å². The fraction of sp³-hybridized carbons (Fsp3) is 0.500. The standard InChI is InChI=1S/C42H51AsN8O4/c1-27-35-26-45-42(47-39(35)51(32-5-3-4-6-32)41(55)38(27)28(2)52)43-36-13-11-33(25-44-36)49-19-16-29(17-20-49)15-18-48-21-23-50(24-22-48)31-9-7-30(8-10-31)34-12-14-37(53)46-40(34)54/h7-11,13,25-26,29,32,34,43H,3-6,12,14-24H2,1-2H3,(H,46,53,54). The Morgan fingerprint density at radius 1 is 0.836 bits per heavy atom. The van der Waals surface area contributed by atoms with E-state index in [0.717, 1.165) is 103 Å². The molecule has 12 nitrogen and oxygen atoms in total. The van der Waals surface area contributed by atoms with Crippen molar-refractivity contribution in [2.75, 3.05) is 55.6 Å². The number of nitrogens with zero attached hydrogens (tertiary/aromatic N) is 7. The molecule has 1 saturated carbocycles. The fourth-order valence-electron chi connectivity index (χ4n) is 9.07. The van der Waals surface area contributed by atoms with Crippen LogP contribution in [0.2, 0.25) is 0 Å². The molecule has 288 valence electrons.